The number of carbonyl (C=O) groups is 2. The van der Waals surface area contributed by atoms with E-state index in [1.807, 2.05) is 0 Å². The summed E-state index contributed by atoms with van der Waals surface area (Å²) in [7, 11) is 1.32. The maximum atomic E-state index is 12.1. The average molecular weight is 252 g/mol. The molecule has 6 nitrogen and oxygen atoms in total. The third-order valence-corrected chi connectivity index (χ3v) is 2.90. The molecule has 1 N–H and O–H groups in total. The van der Waals surface area contributed by atoms with E-state index in [-0.39, 0.29) is 5.91 Å². The van der Waals surface area contributed by atoms with Gasteiger partial charge in [0.2, 0.25) is 0 Å². The van der Waals surface area contributed by atoms with Gasteiger partial charge in [0.05, 0.1) is 20.3 Å². The van der Waals surface area contributed by atoms with Gasteiger partial charge >= 0.3 is 5.97 Å². The molecule has 1 amide bonds. The Kier molecular flexibility index (Phi) is 3.99. The number of hydrogen-bond acceptors (Lipinski definition) is 5. The van der Waals surface area contributed by atoms with E-state index in [0.717, 1.165) is 0 Å². The third-order valence-electron chi connectivity index (χ3n) is 2.90. The number of methoxy groups -OCH3 is 1. The van der Waals surface area contributed by atoms with Gasteiger partial charge < -0.3 is 19.7 Å². The standard InChI is InChI=1S/C12H16N2O4/c1-17-12(16)10-3-2-9(8-13-10)11(15)14-4-6-18-7-5-14/h2-3,13H,4-8H2,1H3. The van der Waals surface area contributed by atoms with E-state index in [1.54, 1.807) is 17.1 Å². The van der Waals surface area contributed by atoms with Crippen LogP contribution in [0.15, 0.2) is 23.4 Å². The Labute approximate surface area is 105 Å². The van der Waals surface area contributed by atoms with Crippen LogP contribution in [0, 0.1) is 0 Å². The smallest absolute Gasteiger partial charge is 0.354 e. The van der Waals surface area contributed by atoms with Crippen molar-refractivity contribution in [2.24, 2.45) is 0 Å². The number of rotatable bonds is 2. The van der Waals surface area contributed by atoms with Crippen LogP contribution in [-0.4, -0.2) is 56.7 Å². The molecule has 2 aliphatic rings. The molecule has 0 radical (unpaired) electrons. The average Bonchev–Trinajstić information content (AvgIpc) is 2.47. The predicted octanol–water partition coefficient (Wildman–Crippen LogP) is -0.568. The molecule has 0 spiro atoms. The summed E-state index contributed by atoms with van der Waals surface area (Å²) in [5.41, 5.74) is 1.01. The number of dihydropyridines is 1. The van der Waals surface area contributed by atoms with Crippen LogP contribution < -0.4 is 5.32 Å². The summed E-state index contributed by atoms with van der Waals surface area (Å²) in [4.78, 5) is 25.1. The van der Waals surface area contributed by atoms with Gasteiger partial charge in [-0.1, -0.05) is 0 Å². The van der Waals surface area contributed by atoms with Crippen molar-refractivity contribution < 1.29 is 19.1 Å². The normalized spacial score (nSPS) is 19.5. The second-order valence-electron chi connectivity index (χ2n) is 4.02. The van der Waals surface area contributed by atoms with Crippen LogP contribution in [0.25, 0.3) is 0 Å². The van der Waals surface area contributed by atoms with Gasteiger partial charge in [0.1, 0.15) is 5.70 Å². The molecule has 2 rings (SSSR count). The number of amides is 1. The molecule has 0 aromatic rings. The fraction of sp³-hybridized carbons (Fsp3) is 0.500. The Bertz CT molecular complexity index is 408. The first kappa shape index (κ1) is 12.6. The fourth-order valence-corrected chi connectivity index (χ4v) is 1.86. The third kappa shape index (κ3) is 2.70. The second kappa shape index (κ2) is 5.68. The van der Waals surface area contributed by atoms with Crippen molar-refractivity contribution in [2.75, 3.05) is 40.0 Å². The van der Waals surface area contributed by atoms with Crippen molar-refractivity contribution >= 4 is 11.9 Å². The first-order valence-corrected chi connectivity index (χ1v) is 5.82. The molecule has 0 aromatic carbocycles. The minimum Gasteiger partial charge on any atom is -0.464 e. The van der Waals surface area contributed by atoms with Gasteiger partial charge in [-0.05, 0) is 12.2 Å². The molecule has 0 bridgehead atoms. The zero-order chi connectivity index (χ0) is 13.0. The number of allylic oxidation sites excluding steroid dienone is 2. The molecule has 0 saturated carbocycles. The molecular weight excluding hydrogens is 236 g/mol. The van der Waals surface area contributed by atoms with Crippen LogP contribution in [0.2, 0.25) is 0 Å². The molecule has 0 aliphatic carbocycles. The first-order chi connectivity index (χ1) is 8.72. The van der Waals surface area contributed by atoms with Crippen molar-refractivity contribution in [3.8, 4) is 0 Å². The highest BCUT2D eigenvalue weighted by molar-refractivity contribution is 5.96. The summed E-state index contributed by atoms with van der Waals surface area (Å²) in [6, 6.07) is 0. The van der Waals surface area contributed by atoms with E-state index in [0.29, 0.717) is 44.1 Å². The first-order valence-electron chi connectivity index (χ1n) is 5.82. The molecule has 2 aliphatic heterocycles. The highest BCUT2D eigenvalue weighted by Crippen LogP contribution is 2.10. The zero-order valence-corrected chi connectivity index (χ0v) is 10.3. The van der Waals surface area contributed by atoms with Gasteiger partial charge in [0.25, 0.3) is 5.91 Å². The monoisotopic (exact) mass is 252 g/mol. The van der Waals surface area contributed by atoms with E-state index in [4.69, 9.17) is 4.74 Å². The Morgan fingerprint density at radius 1 is 1.33 bits per heavy atom. The number of esters is 1. The number of ether oxygens (including phenoxy) is 2. The summed E-state index contributed by atoms with van der Waals surface area (Å²) < 4.78 is 9.79. The van der Waals surface area contributed by atoms with E-state index in [9.17, 15) is 9.59 Å². The molecule has 0 aromatic heterocycles. The summed E-state index contributed by atoms with van der Waals surface area (Å²) >= 11 is 0. The topological polar surface area (TPSA) is 67.9 Å². The van der Waals surface area contributed by atoms with Crippen LogP contribution >= 0.6 is 0 Å². The quantitative estimate of drug-likeness (QED) is 0.667. The molecule has 0 unspecified atom stereocenters. The Morgan fingerprint density at radius 3 is 2.61 bits per heavy atom. The number of nitrogens with zero attached hydrogens (tertiary/aromatic N) is 1. The lowest BCUT2D eigenvalue weighted by atomic mass is 10.1. The van der Waals surface area contributed by atoms with Crippen LogP contribution in [0.3, 0.4) is 0 Å². The number of hydrogen-bond donors (Lipinski definition) is 1. The molecule has 0 atom stereocenters. The molecule has 18 heavy (non-hydrogen) atoms. The Hall–Kier alpha value is -1.82. The van der Waals surface area contributed by atoms with E-state index in [1.165, 1.54) is 7.11 Å². The predicted molar refractivity (Wildman–Crippen MR) is 63.6 cm³/mol. The molecular formula is C12H16N2O4. The number of morpholine rings is 1. The number of carbonyl (C=O) groups excluding carboxylic acids is 2. The van der Waals surface area contributed by atoms with Crippen LogP contribution in [0.1, 0.15) is 0 Å². The van der Waals surface area contributed by atoms with Gasteiger partial charge in [-0.3, -0.25) is 4.79 Å². The maximum Gasteiger partial charge on any atom is 0.354 e. The van der Waals surface area contributed by atoms with E-state index < -0.39 is 5.97 Å². The summed E-state index contributed by atoms with van der Waals surface area (Å²) in [6.45, 7) is 2.73. The fourth-order valence-electron chi connectivity index (χ4n) is 1.86. The lowest BCUT2D eigenvalue weighted by molar-refractivity contribution is -0.136. The SMILES string of the molecule is COC(=O)C1=CC=C(C(=O)N2CCOCC2)CN1. The minimum absolute atomic E-state index is 0.00836. The molecule has 98 valence electrons. The molecule has 6 heteroatoms. The second-order valence-corrected chi connectivity index (χ2v) is 4.02. The summed E-state index contributed by atoms with van der Waals surface area (Å²) in [5.74, 6) is -0.435. The van der Waals surface area contributed by atoms with Gasteiger partial charge in [-0.15, -0.1) is 0 Å². The lowest BCUT2D eigenvalue weighted by Crippen LogP contribution is -2.43. The number of nitrogens with one attached hydrogen (secondary N) is 1. The maximum absolute atomic E-state index is 12.1. The van der Waals surface area contributed by atoms with Crippen LogP contribution in [-0.2, 0) is 19.1 Å². The van der Waals surface area contributed by atoms with Crippen LogP contribution in [0.4, 0.5) is 0 Å². The highest BCUT2D eigenvalue weighted by Gasteiger charge is 2.22. The Balaban J connectivity index is 2.02. The van der Waals surface area contributed by atoms with E-state index in [2.05, 4.69) is 10.1 Å². The largest absolute Gasteiger partial charge is 0.464 e. The molecule has 2 heterocycles. The van der Waals surface area contributed by atoms with Crippen LogP contribution in [0.5, 0.6) is 0 Å². The van der Waals surface area contributed by atoms with Crippen molar-refractivity contribution in [3.63, 3.8) is 0 Å². The highest BCUT2D eigenvalue weighted by atomic mass is 16.5. The van der Waals surface area contributed by atoms with Crippen molar-refractivity contribution in [1.29, 1.82) is 0 Å². The molecule has 1 fully saturated rings. The van der Waals surface area contributed by atoms with Crippen molar-refractivity contribution in [2.45, 2.75) is 0 Å². The van der Waals surface area contributed by atoms with Crippen molar-refractivity contribution in [1.82, 2.24) is 10.2 Å². The lowest BCUT2D eigenvalue weighted by Gasteiger charge is -2.28. The summed E-state index contributed by atoms with van der Waals surface area (Å²) in [6.07, 6.45) is 3.24. The van der Waals surface area contributed by atoms with Gasteiger partial charge in [-0.25, -0.2) is 4.79 Å². The van der Waals surface area contributed by atoms with E-state index >= 15 is 0 Å². The summed E-state index contributed by atoms with van der Waals surface area (Å²) in [5, 5.41) is 2.88. The Morgan fingerprint density at radius 2 is 2.06 bits per heavy atom. The van der Waals surface area contributed by atoms with Gasteiger partial charge in [0.15, 0.2) is 0 Å². The molecule has 1 saturated heterocycles. The van der Waals surface area contributed by atoms with Gasteiger partial charge in [-0.2, -0.15) is 0 Å². The van der Waals surface area contributed by atoms with Gasteiger partial charge in [0, 0.05) is 25.2 Å². The zero-order valence-electron chi connectivity index (χ0n) is 10.3. The minimum atomic E-state index is -0.427. The van der Waals surface area contributed by atoms with Crippen molar-refractivity contribution in [3.05, 3.63) is 23.4 Å².